The number of hydrogen-bond donors (Lipinski definition) is 0. The third-order valence-electron chi connectivity index (χ3n) is 4.58. The molecule has 0 aromatic carbocycles. The van der Waals surface area contributed by atoms with Crippen molar-refractivity contribution in [1.29, 1.82) is 0 Å². The van der Waals surface area contributed by atoms with Crippen molar-refractivity contribution in [2.24, 2.45) is 17.8 Å². The molecule has 0 radical (unpaired) electrons. The molecule has 0 aliphatic carbocycles. The lowest BCUT2D eigenvalue weighted by molar-refractivity contribution is -0.413. The number of rotatable bonds is 12. The van der Waals surface area contributed by atoms with Gasteiger partial charge in [0.15, 0.2) is 6.20 Å². The summed E-state index contributed by atoms with van der Waals surface area (Å²) < 4.78 is 1.92. The van der Waals surface area contributed by atoms with Crippen molar-refractivity contribution in [1.82, 2.24) is 0 Å². The summed E-state index contributed by atoms with van der Waals surface area (Å²) in [4.78, 5) is 0. The molecule has 2 unspecified atom stereocenters. The maximum absolute atomic E-state index is 3.90. The van der Waals surface area contributed by atoms with Crippen LogP contribution in [0.25, 0.3) is 0 Å². The molecule has 0 spiro atoms. The van der Waals surface area contributed by atoms with Crippen molar-refractivity contribution in [2.45, 2.75) is 86.0 Å². The summed E-state index contributed by atoms with van der Waals surface area (Å²) in [6.45, 7) is 15.5. The minimum absolute atomic E-state index is 0.851. The van der Waals surface area contributed by atoms with Crippen LogP contribution >= 0.6 is 0 Å². The van der Waals surface area contributed by atoms with Gasteiger partial charge in [-0.25, -0.2) is 4.58 Å². The molecule has 0 saturated heterocycles. The molecule has 0 aromatic rings. The van der Waals surface area contributed by atoms with Gasteiger partial charge >= 0.3 is 0 Å². The minimum Gasteiger partial charge on any atom is -0.214 e. The van der Waals surface area contributed by atoms with Gasteiger partial charge in [-0.05, 0) is 36.7 Å². The summed E-state index contributed by atoms with van der Waals surface area (Å²) in [5, 5.41) is 0. The zero-order valence-corrected chi connectivity index (χ0v) is 15.6. The molecule has 1 heteroatoms. The molecule has 1 nitrogen and oxygen atoms in total. The first-order valence-electron chi connectivity index (χ1n) is 9.09. The Hall–Kier alpha value is -0.590. The van der Waals surface area contributed by atoms with E-state index in [2.05, 4.69) is 47.5 Å². The zero-order chi connectivity index (χ0) is 16.3. The van der Waals surface area contributed by atoms with Crippen molar-refractivity contribution >= 4 is 6.72 Å². The Morgan fingerprint density at radius 2 is 1.57 bits per heavy atom. The Morgan fingerprint density at radius 3 is 2.05 bits per heavy atom. The molecule has 0 saturated carbocycles. The van der Waals surface area contributed by atoms with Crippen LogP contribution in [-0.2, 0) is 0 Å². The highest BCUT2D eigenvalue weighted by Crippen LogP contribution is 2.25. The van der Waals surface area contributed by atoms with Gasteiger partial charge in [0, 0.05) is 0 Å². The first-order chi connectivity index (χ1) is 9.88. The van der Waals surface area contributed by atoms with Crippen LogP contribution in [0.2, 0.25) is 0 Å². The van der Waals surface area contributed by atoms with E-state index in [9.17, 15) is 0 Å². The quantitative estimate of drug-likeness (QED) is 0.294. The first kappa shape index (κ1) is 20.4. The fraction of sp³-hybridized carbons (Fsp3) is 0.850. The lowest BCUT2D eigenvalue weighted by atomic mass is 9.87. The fourth-order valence-corrected chi connectivity index (χ4v) is 3.15. The van der Waals surface area contributed by atoms with Gasteiger partial charge < -0.3 is 0 Å². The molecule has 0 aliphatic heterocycles. The van der Waals surface area contributed by atoms with E-state index >= 15 is 0 Å². The molecule has 0 amide bonds. The van der Waals surface area contributed by atoms with Crippen molar-refractivity contribution < 1.29 is 4.58 Å². The van der Waals surface area contributed by atoms with Gasteiger partial charge in [0.1, 0.15) is 13.8 Å². The Bertz CT molecular complexity index is 301. The second-order valence-electron chi connectivity index (χ2n) is 7.39. The second kappa shape index (κ2) is 12.0. The molecule has 0 bridgehead atoms. The molecule has 21 heavy (non-hydrogen) atoms. The van der Waals surface area contributed by atoms with E-state index in [4.69, 9.17) is 0 Å². The third kappa shape index (κ3) is 11.7. The molecule has 2 atom stereocenters. The normalized spacial score (nSPS) is 15.3. The molecule has 0 aliphatic rings. The molecule has 0 aromatic heterocycles. The van der Waals surface area contributed by atoms with Crippen LogP contribution in [0.4, 0.5) is 0 Å². The van der Waals surface area contributed by atoms with Crippen LogP contribution < -0.4 is 0 Å². The Morgan fingerprint density at radius 1 is 1.00 bits per heavy atom. The Labute approximate surface area is 134 Å². The number of nitrogens with zero attached hydrogens (tertiary/aromatic N) is 1. The standard InChI is InChI=1S/C20H40N/c1-8-19(14-13-17(3)4)11-10-12-20(9-2)15-18(5)16-21(6)7/h16-17,19-20H,6,8-15H2,1-5,7H3/q+1. The Kier molecular flexibility index (Phi) is 11.7. The van der Waals surface area contributed by atoms with Crippen molar-refractivity contribution in [3.05, 3.63) is 11.8 Å². The highest BCUT2D eigenvalue weighted by atomic mass is 14.9. The van der Waals surface area contributed by atoms with Crippen molar-refractivity contribution in [2.75, 3.05) is 7.05 Å². The monoisotopic (exact) mass is 294 g/mol. The van der Waals surface area contributed by atoms with Crippen LogP contribution in [0.3, 0.4) is 0 Å². The summed E-state index contributed by atoms with van der Waals surface area (Å²) in [5.74, 6) is 2.66. The molecule has 0 heterocycles. The number of hydrogen-bond acceptors (Lipinski definition) is 0. The lowest BCUT2D eigenvalue weighted by Gasteiger charge is -2.19. The topological polar surface area (TPSA) is 3.01 Å². The maximum atomic E-state index is 3.90. The maximum Gasteiger partial charge on any atom is 0.166 e. The van der Waals surface area contributed by atoms with Crippen molar-refractivity contribution in [3.63, 3.8) is 0 Å². The average molecular weight is 295 g/mol. The van der Waals surface area contributed by atoms with E-state index in [1.165, 1.54) is 56.9 Å². The van der Waals surface area contributed by atoms with Crippen LogP contribution in [0.5, 0.6) is 0 Å². The summed E-state index contributed by atoms with van der Waals surface area (Å²) >= 11 is 0. The Balaban J connectivity index is 4.06. The van der Waals surface area contributed by atoms with E-state index < -0.39 is 0 Å². The fourth-order valence-electron chi connectivity index (χ4n) is 3.15. The van der Waals surface area contributed by atoms with Gasteiger partial charge in [-0.2, -0.15) is 0 Å². The second-order valence-corrected chi connectivity index (χ2v) is 7.39. The SMILES string of the molecule is C=[N+](C)C=C(C)CC(CC)CCCC(CC)CCC(C)C. The minimum atomic E-state index is 0.851. The molecule has 0 rings (SSSR count). The zero-order valence-electron chi connectivity index (χ0n) is 15.6. The van der Waals surface area contributed by atoms with Gasteiger partial charge in [0.2, 0.25) is 0 Å². The van der Waals surface area contributed by atoms with E-state index in [1.54, 1.807) is 0 Å². The molecule has 0 fully saturated rings. The highest BCUT2D eigenvalue weighted by Gasteiger charge is 2.11. The van der Waals surface area contributed by atoms with Gasteiger partial charge in [-0.15, -0.1) is 0 Å². The summed E-state index contributed by atoms with van der Waals surface area (Å²) in [7, 11) is 2.00. The lowest BCUT2D eigenvalue weighted by Crippen LogP contribution is -2.05. The number of allylic oxidation sites excluding steroid dienone is 1. The molecular formula is C20H40N+. The van der Waals surface area contributed by atoms with E-state index in [1.807, 2.05) is 11.6 Å². The van der Waals surface area contributed by atoms with Gasteiger partial charge in [0.05, 0.1) is 0 Å². The van der Waals surface area contributed by atoms with Gasteiger partial charge in [0.25, 0.3) is 0 Å². The van der Waals surface area contributed by atoms with Crippen LogP contribution in [0.15, 0.2) is 11.8 Å². The molecular weight excluding hydrogens is 254 g/mol. The predicted octanol–water partition coefficient (Wildman–Crippen LogP) is 6.28. The van der Waals surface area contributed by atoms with Crippen molar-refractivity contribution in [3.8, 4) is 0 Å². The van der Waals surface area contributed by atoms with Crippen LogP contribution in [-0.4, -0.2) is 18.3 Å². The van der Waals surface area contributed by atoms with Gasteiger partial charge in [-0.3, -0.25) is 0 Å². The molecule has 0 N–H and O–H groups in total. The van der Waals surface area contributed by atoms with Gasteiger partial charge in [-0.1, -0.05) is 72.6 Å². The predicted molar refractivity (Wildman–Crippen MR) is 97.2 cm³/mol. The first-order valence-corrected chi connectivity index (χ1v) is 9.09. The third-order valence-corrected chi connectivity index (χ3v) is 4.58. The summed E-state index contributed by atoms with van der Waals surface area (Å²) in [5.41, 5.74) is 1.46. The molecule has 124 valence electrons. The van der Waals surface area contributed by atoms with E-state index in [0.29, 0.717) is 0 Å². The largest absolute Gasteiger partial charge is 0.214 e. The summed E-state index contributed by atoms with van der Waals surface area (Å²) in [6.07, 6.45) is 13.1. The van der Waals surface area contributed by atoms with E-state index in [0.717, 1.165) is 17.8 Å². The average Bonchev–Trinajstić information content (AvgIpc) is 2.40. The highest BCUT2D eigenvalue weighted by molar-refractivity contribution is 5.15. The van der Waals surface area contributed by atoms with E-state index in [-0.39, 0.29) is 0 Å². The van der Waals surface area contributed by atoms with Crippen LogP contribution in [0, 0.1) is 17.8 Å². The summed E-state index contributed by atoms with van der Waals surface area (Å²) in [6, 6.07) is 0. The smallest absolute Gasteiger partial charge is 0.166 e. The van der Waals surface area contributed by atoms with Crippen LogP contribution in [0.1, 0.15) is 86.0 Å².